The van der Waals surface area contributed by atoms with Crippen molar-refractivity contribution >= 4 is 45.6 Å². The van der Waals surface area contributed by atoms with E-state index in [1.54, 1.807) is 42.5 Å². The van der Waals surface area contributed by atoms with Crippen LogP contribution in [0.4, 0.5) is 0 Å². The minimum Gasteiger partial charge on any atom is -0.422 e. The van der Waals surface area contributed by atoms with Crippen molar-refractivity contribution in [3.63, 3.8) is 0 Å². The number of carbonyl (C=O) groups is 2. The van der Waals surface area contributed by atoms with Crippen molar-refractivity contribution in [1.29, 1.82) is 0 Å². The maximum atomic E-state index is 12.5. The lowest BCUT2D eigenvalue weighted by molar-refractivity contribution is -0.121. The predicted octanol–water partition coefficient (Wildman–Crippen LogP) is 10.0. The molecular weight excluding hydrogens is 576 g/mol. The molecule has 2 aromatic carbocycles. The van der Waals surface area contributed by atoms with E-state index in [2.05, 4.69) is 33.4 Å². The number of halogens is 2. The van der Waals surface area contributed by atoms with Gasteiger partial charge in [-0.3, -0.25) is 4.79 Å². The number of amides is 1. The molecule has 214 valence electrons. The zero-order valence-corrected chi connectivity index (χ0v) is 25.7. The highest BCUT2D eigenvalue weighted by Gasteiger charge is 2.12. The molecule has 0 heterocycles. The van der Waals surface area contributed by atoms with Crippen LogP contribution in [0.3, 0.4) is 0 Å². The van der Waals surface area contributed by atoms with Crippen LogP contribution in [-0.4, -0.2) is 18.1 Å². The van der Waals surface area contributed by atoms with E-state index in [4.69, 9.17) is 16.3 Å². The summed E-state index contributed by atoms with van der Waals surface area (Å²) in [5, 5.41) is 4.61. The van der Waals surface area contributed by atoms with Gasteiger partial charge in [0.05, 0.1) is 11.8 Å². The number of unbranched alkanes of at least 4 members (excludes halogenated alkanes) is 14. The largest absolute Gasteiger partial charge is 0.422 e. The highest BCUT2D eigenvalue weighted by molar-refractivity contribution is 9.10. The molecule has 2 rings (SSSR count). The van der Waals surface area contributed by atoms with Crippen molar-refractivity contribution in [2.24, 2.45) is 5.10 Å². The smallest absolute Gasteiger partial charge is 0.343 e. The molecule has 0 aliphatic carbocycles. The van der Waals surface area contributed by atoms with E-state index in [1.807, 2.05) is 0 Å². The summed E-state index contributed by atoms with van der Waals surface area (Å²) in [6, 6.07) is 11.7. The Morgan fingerprint density at radius 2 is 1.36 bits per heavy atom. The van der Waals surface area contributed by atoms with Gasteiger partial charge in [0, 0.05) is 21.5 Å². The number of hydrazone groups is 1. The van der Waals surface area contributed by atoms with Gasteiger partial charge in [-0.1, -0.05) is 124 Å². The Labute approximate surface area is 248 Å². The number of nitrogens with zero attached hydrogens (tertiary/aromatic N) is 1. The Morgan fingerprint density at radius 1 is 0.821 bits per heavy atom. The van der Waals surface area contributed by atoms with Crippen LogP contribution in [0.2, 0.25) is 5.02 Å². The van der Waals surface area contributed by atoms with Gasteiger partial charge in [-0.2, -0.15) is 5.10 Å². The third-order valence-corrected chi connectivity index (χ3v) is 7.40. The third-order valence-electron chi connectivity index (χ3n) is 6.65. The Balaban J connectivity index is 1.57. The van der Waals surface area contributed by atoms with Gasteiger partial charge < -0.3 is 4.74 Å². The quantitative estimate of drug-likeness (QED) is 0.0527. The van der Waals surface area contributed by atoms with E-state index >= 15 is 0 Å². The molecule has 0 bridgehead atoms. The molecule has 7 heteroatoms. The van der Waals surface area contributed by atoms with Crippen LogP contribution in [0.5, 0.6) is 5.75 Å². The first-order valence-corrected chi connectivity index (χ1v) is 15.8. The molecule has 0 atom stereocenters. The summed E-state index contributed by atoms with van der Waals surface area (Å²) in [4.78, 5) is 24.7. The molecule has 39 heavy (non-hydrogen) atoms. The number of rotatable bonds is 20. The van der Waals surface area contributed by atoms with Crippen LogP contribution in [-0.2, 0) is 4.79 Å². The summed E-state index contributed by atoms with van der Waals surface area (Å²) in [5.41, 5.74) is 3.54. The van der Waals surface area contributed by atoms with E-state index in [9.17, 15) is 9.59 Å². The minimum atomic E-state index is -0.499. The minimum absolute atomic E-state index is 0.115. The van der Waals surface area contributed by atoms with Crippen LogP contribution in [0, 0.1) is 0 Å². The Morgan fingerprint density at radius 3 is 1.92 bits per heavy atom. The molecule has 0 aromatic heterocycles. The Bertz CT molecular complexity index is 1010. The zero-order chi connectivity index (χ0) is 28.1. The fourth-order valence-electron chi connectivity index (χ4n) is 4.34. The fourth-order valence-corrected chi connectivity index (χ4v) is 4.85. The predicted molar refractivity (Wildman–Crippen MR) is 166 cm³/mol. The normalized spacial score (nSPS) is 11.2. The zero-order valence-electron chi connectivity index (χ0n) is 23.4. The van der Waals surface area contributed by atoms with E-state index in [-0.39, 0.29) is 5.91 Å². The molecule has 0 saturated heterocycles. The van der Waals surface area contributed by atoms with E-state index in [0.717, 1.165) is 17.3 Å². The summed E-state index contributed by atoms with van der Waals surface area (Å²) >= 11 is 9.31. The summed E-state index contributed by atoms with van der Waals surface area (Å²) < 4.78 is 6.34. The number of hydrogen-bond donors (Lipinski definition) is 1. The average molecular weight is 620 g/mol. The summed E-state index contributed by atoms with van der Waals surface area (Å²) in [5.74, 6) is -0.268. The lowest BCUT2D eigenvalue weighted by Gasteiger charge is -2.08. The fraction of sp³-hybridized carbons (Fsp3) is 0.531. The van der Waals surface area contributed by atoms with Gasteiger partial charge in [0.2, 0.25) is 5.91 Å². The van der Waals surface area contributed by atoms with E-state index in [1.165, 1.54) is 89.7 Å². The SMILES string of the molecule is CCCCCCCCCCCCCCCCCC(=O)NN=Cc1cc(Br)ccc1OC(=O)c1ccc(Cl)cc1. The van der Waals surface area contributed by atoms with E-state index in [0.29, 0.717) is 28.3 Å². The van der Waals surface area contributed by atoms with Crippen molar-refractivity contribution < 1.29 is 14.3 Å². The molecule has 2 aromatic rings. The van der Waals surface area contributed by atoms with Crippen molar-refractivity contribution in [2.45, 2.75) is 110 Å². The van der Waals surface area contributed by atoms with Gasteiger partial charge in [0.1, 0.15) is 5.75 Å². The molecule has 0 fully saturated rings. The van der Waals surface area contributed by atoms with Crippen LogP contribution in [0.25, 0.3) is 0 Å². The number of benzene rings is 2. The molecule has 5 nitrogen and oxygen atoms in total. The molecule has 0 spiro atoms. The topological polar surface area (TPSA) is 67.8 Å². The number of hydrogen-bond acceptors (Lipinski definition) is 4. The number of ether oxygens (including phenoxy) is 1. The van der Waals surface area contributed by atoms with Gasteiger partial charge in [-0.05, 0) is 48.9 Å². The lowest BCUT2D eigenvalue weighted by Crippen LogP contribution is -2.17. The van der Waals surface area contributed by atoms with Gasteiger partial charge in [0.25, 0.3) is 0 Å². The van der Waals surface area contributed by atoms with Gasteiger partial charge in [-0.25, -0.2) is 10.2 Å². The second kappa shape index (κ2) is 20.7. The van der Waals surface area contributed by atoms with Crippen LogP contribution in [0.1, 0.15) is 126 Å². The molecule has 0 saturated carbocycles. The first-order valence-electron chi connectivity index (χ1n) is 14.6. The highest BCUT2D eigenvalue weighted by Crippen LogP contribution is 2.23. The van der Waals surface area contributed by atoms with Crippen molar-refractivity contribution in [3.8, 4) is 5.75 Å². The maximum absolute atomic E-state index is 12.5. The average Bonchev–Trinajstić information content (AvgIpc) is 2.92. The lowest BCUT2D eigenvalue weighted by atomic mass is 10.0. The van der Waals surface area contributed by atoms with Crippen molar-refractivity contribution in [1.82, 2.24) is 5.43 Å². The second-order valence-corrected chi connectivity index (χ2v) is 11.4. The first kappa shape index (κ1) is 33.0. The molecule has 1 amide bonds. The van der Waals surface area contributed by atoms with Gasteiger partial charge in [-0.15, -0.1) is 0 Å². The summed E-state index contributed by atoms with van der Waals surface area (Å²) in [6.45, 7) is 2.27. The van der Waals surface area contributed by atoms with Crippen LogP contribution in [0.15, 0.2) is 52.0 Å². The number of carbonyl (C=O) groups excluding carboxylic acids is 2. The van der Waals surface area contributed by atoms with Crippen LogP contribution >= 0.6 is 27.5 Å². The molecule has 0 unspecified atom stereocenters. The Hall–Kier alpha value is -2.18. The van der Waals surface area contributed by atoms with Gasteiger partial charge >= 0.3 is 5.97 Å². The standard InChI is InChI=1S/C32H44BrClN2O3/c1-2-3-4-5-6-7-8-9-10-11-12-13-14-15-16-17-31(37)36-35-25-27-24-28(33)20-23-30(27)39-32(38)26-18-21-29(34)22-19-26/h18-25H,2-17H2,1H3,(H,36,37). The molecular formula is C32H44BrClN2O3. The van der Waals surface area contributed by atoms with Crippen molar-refractivity contribution in [2.75, 3.05) is 0 Å². The molecule has 0 aliphatic rings. The maximum Gasteiger partial charge on any atom is 0.343 e. The van der Waals surface area contributed by atoms with Gasteiger partial charge in [0.15, 0.2) is 0 Å². The monoisotopic (exact) mass is 618 g/mol. The van der Waals surface area contributed by atoms with E-state index < -0.39 is 5.97 Å². The summed E-state index contributed by atoms with van der Waals surface area (Å²) in [7, 11) is 0. The molecule has 0 radical (unpaired) electrons. The second-order valence-electron chi connectivity index (χ2n) is 10.1. The highest BCUT2D eigenvalue weighted by atomic mass is 79.9. The van der Waals surface area contributed by atoms with Crippen molar-refractivity contribution in [3.05, 3.63) is 63.1 Å². The number of nitrogens with one attached hydrogen (secondary N) is 1. The Kier molecular flexibility index (Phi) is 17.5. The molecule has 1 N–H and O–H groups in total. The number of esters is 1. The summed E-state index contributed by atoms with van der Waals surface area (Å²) in [6.07, 6.45) is 21.4. The van der Waals surface area contributed by atoms with Crippen LogP contribution < -0.4 is 10.2 Å². The molecule has 0 aliphatic heterocycles. The third kappa shape index (κ3) is 15.3. The first-order chi connectivity index (χ1) is 19.0.